The average Bonchev–Trinajstić information content (AvgIpc) is 3.27. The molecule has 3 aromatic rings. The van der Waals surface area contributed by atoms with E-state index in [1.54, 1.807) is 4.68 Å². The second-order valence-electron chi connectivity index (χ2n) is 6.25. The molecule has 0 bridgehead atoms. The molecule has 4 heteroatoms. The molecule has 1 amide bonds. The molecule has 1 heterocycles. The maximum absolute atomic E-state index is 12.4. The van der Waals surface area contributed by atoms with Crippen molar-refractivity contribution in [1.29, 1.82) is 0 Å². The van der Waals surface area contributed by atoms with E-state index in [-0.39, 0.29) is 11.8 Å². The Morgan fingerprint density at radius 2 is 2.09 bits per heavy atom. The normalized spacial score (nSPS) is 19.7. The van der Waals surface area contributed by atoms with Crippen molar-refractivity contribution in [2.75, 3.05) is 0 Å². The molecule has 2 atom stereocenters. The van der Waals surface area contributed by atoms with Crippen molar-refractivity contribution in [3.8, 4) is 0 Å². The van der Waals surface area contributed by atoms with Crippen LogP contribution in [0.25, 0.3) is 10.8 Å². The Hall–Kier alpha value is -2.62. The largest absolute Gasteiger partial charge is 0.352 e. The summed E-state index contributed by atoms with van der Waals surface area (Å²) < 4.78 is 1.79. The summed E-state index contributed by atoms with van der Waals surface area (Å²) in [5.74, 6) is 0.567. The van der Waals surface area contributed by atoms with Crippen LogP contribution in [-0.4, -0.2) is 15.7 Å². The monoisotopic (exact) mass is 305 g/mol. The maximum Gasteiger partial charge on any atom is 0.224 e. The predicted molar refractivity (Wildman–Crippen MR) is 89.9 cm³/mol. The van der Waals surface area contributed by atoms with Crippen molar-refractivity contribution in [2.45, 2.75) is 18.9 Å². The molecule has 4 nitrogen and oxygen atoms in total. The fourth-order valence-corrected chi connectivity index (χ4v) is 3.24. The summed E-state index contributed by atoms with van der Waals surface area (Å²) in [5.41, 5.74) is 2.33. The number of nitrogens with zero attached hydrogens (tertiary/aromatic N) is 2. The summed E-state index contributed by atoms with van der Waals surface area (Å²) in [7, 11) is 1.90. The van der Waals surface area contributed by atoms with Gasteiger partial charge in [-0.3, -0.25) is 9.48 Å². The molecule has 1 saturated carbocycles. The first-order valence-electron chi connectivity index (χ1n) is 7.95. The number of hydrogen-bond acceptors (Lipinski definition) is 2. The molecule has 1 aliphatic rings. The van der Waals surface area contributed by atoms with Crippen LogP contribution >= 0.6 is 0 Å². The van der Waals surface area contributed by atoms with Crippen LogP contribution in [0.5, 0.6) is 0 Å². The second kappa shape index (κ2) is 5.54. The number of aryl methyl sites for hydroxylation is 1. The number of amides is 1. The molecule has 23 heavy (non-hydrogen) atoms. The third-order valence-corrected chi connectivity index (χ3v) is 4.61. The number of fused-ring (bicyclic) bond motifs is 1. The third kappa shape index (κ3) is 2.72. The van der Waals surface area contributed by atoms with Gasteiger partial charge < -0.3 is 5.32 Å². The van der Waals surface area contributed by atoms with Gasteiger partial charge in [0, 0.05) is 25.7 Å². The maximum atomic E-state index is 12.4. The third-order valence-electron chi connectivity index (χ3n) is 4.61. The van der Waals surface area contributed by atoms with E-state index < -0.39 is 0 Å². The van der Waals surface area contributed by atoms with Gasteiger partial charge in [0.1, 0.15) is 0 Å². The van der Waals surface area contributed by atoms with Crippen molar-refractivity contribution in [3.63, 3.8) is 0 Å². The molecule has 2 aromatic carbocycles. The molecule has 1 N–H and O–H groups in total. The first-order chi connectivity index (χ1) is 11.2. The highest BCUT2D eigenvalue weighted by Crippen LogP contribution is 2.47. The topological polar surface area (TPSA) is 46.9 Å². The van der Waals surface area contributed by atoms with Gasteiger partial charge in [0.15, 0.2) is 0 Å². The minimum Gasteiger partial charge on any atom is -0.352 e. The Labute approximate surface area is 135 Å². The van der Waals surface area contributed by atoms with E-state index in [0.29, 0.717) is 12.5 Å². The number of nitrogens with one attached hydrogen (secondary N) is 1. The lowest BCUT2D eigenvalue weighted by Gasteiger charge is -2.08. The van der Waals surface area contributed by atoms with E-state index in [1.807, 2.05) is 37.6 Å². The molecule has 1 aromatic heterocycles. The van der Waals surface area contributed by atoms with Crippen LogP contribution in [0.1, 0.15) is 23.5 Å². The van der Waals surface area contributed by atoms with E-state index in [4.69, 9.17) is 0 Å². The average molecular weight is 305 g/mol. The van der Waals surface area contributed by atoms with Crippen molar-refractivity contribution in [2.24, 2.45) is 13.0 Å². The van der Waals surface area contributed by atoms with Crippen molar-refractivity contribution in [3.05, 3.63) is 66.0 Å². The lowest BCUT2D eigenvalue weighted by molar-refractivity contribution is -0.122. The van der Waals surface area contributed by atoms with Gasteiger partial charge in [0.2, 0.25) is 5.91 Å². The van der Waals surface area contributed by atoms with Crippen LogP contribution in [-0.2, 0) is 18.4 Å². The van der Waals surface area contributed by atoms with Crippen LogP contribution in [0, 0.1) is 5.92 Å². The summed E-state index contributed by atoms with van der Waals surface area (Å²) >= 11 is 0. The fourth-order valence-electron chi connectivity index (χ4n) is 3.24. The van der Waals surface area contributed by atoms with Crippen LogP contribution in [0.2, 0.25) is 0 Å². The van der Waals surface area contributed by atoms with Crippen molar-refractivity contribution in [1.82, 2.24) is 15.1 Å². The van der Waals surface area contributed by atoms with Gasteiger partial charge in [0.05, 0.1) is 6.20 Å². The molecule has 0 aliphatic heterocycles. The van der Waals surface area contributed by atoms with Gasteiger partial charge in [-0.05, 0) is 34.2 Å². The van der Waals surface area contributed by atoms with E-state index in [0.717, 1.165) is 17.5 Å². The standard InChI is InChI=1S/C19H19N3O/c1-22-12-15(11-21-22)17-9-18(17)19(23)20-10-14-7-4-6-13-5-2-3-8-16(13)14/h2-8,11-12,17-18H,9-10H2,1H3,(H,20,23)/t17-,18-/m1/s1. The zero-order valence-corrected chi connectivity index (χ0v) is 13.1. The van der Waals surface area contributed by atoms with Gasteiger partial charge in [0.25, 0.3) is 0 Å². The van der Waals surface area contributed by atoms with Gasteiger partial charge in [-0.2, -0.15) is 5.10 Å². The Kier molecular flexibility index (Phi) is 3.37. The lowest BCUT2D eigenvalue weighted by Crippen LogP contribution is -2.24. The van der Waals surface area contributed by atoms with E-state index in [9.17, 15) is 4.79 Å². The highest BCUT2D eigenvalue weighted by atomic mass is 16.2. The van der Waals surface area contributed by atoms with Crippen molar-refractivity contribution >= 4 is 16.7 Å². The first-order valence-corrected chi connectivity index (χ1v) is 7.95. The summed E-state index contributed by atoms with van der Waals surface area (Å²) in [4.78, 5) is 12.4. The number of carbonyl (C=O) groups excluding carboxylic acids is 1. The van der Waals surface area contributed by atoms with Crippen LogP contribution in [0.4, 0.5) is 0 Å². The SMILES string of the molecule is Cn1cc([C@H]2C[C@H]2C(=O)NCc2cccc3ccccc23)cn1. The molecule has 0 spiro atoms. The molecular formula is C19H19N3O. The molecule has 4 rings (SSSR count). The Bertz CT molecular complexity index is 862. The molecule has 0 radical (unpaired) electrons. The van der Waals surface area contributed by atoms with Gasteiger partial charge in [-0.15, -0.1) is 0 Å². The van der Waals surface area contributed by atoms with E-state index in [2.05, 4.69) is 34.7 Å². The molecule has 1 aliphatic carbocycles. The van der Waals surface area contributed by atoms with Crippen molar-refractivity contribution < 1.29 is 4.79 Å². The Balaban J connectivity index is 1.42. The number of hydrogen-bond donors (Lipinski definition) is 1. The quantitative estimate of drug-likeness (QED) is 0.805. The minimum absolute atomic E-state index is 0.0918. The molecular weight excluding hydrogens is 286 g/mol. The van der Waals surface area contributed by atoms with Gasteiger partial charge >= 0.3 is 0 Å². The summed E-state index contributed by atoms with van der Waals surface area (Å²) in [6.45, 7) is 0.580. The molecule has 0 saturated heterocycles. The Morgan fingerprint density at radius 1 is 1.26 bits per heavy atom. The van der Waals surface area contributed by atoms with Crippen LogP contribution in [0.3, 0.4) is 0 Å². The summed E-state index contributed by atoms with van der Waals surface area (Å²) in [6.07, 6.45) is 4.79. The number of aromatic nitrogens is 2. The number of rotatable bonds is 4. The second-order valence-corrected chi connectivity index (χ2v) is 6.25. The van der Waals surface area contributed by atoms with E-state index >= 15 is 0 Å². The fraction of sp³-hybridized carbons (Fsp3) is 0.263. The Morgan fingerprint density at radius 3 is 2.91 bits per heavy atom. The molecule has 1 fully saturated rings. The molecule has 116 valence electrons. The molecule has 0 unspecified atom stereocenters. The highest BCUT2D eigenvalue weighted by molar-refractivity contribution is 5.87. The van der Waals surface area contributed by atoms with E-state index in [1.165, 1.54) is 10.8 Å². The van der Waals surface area contributed by atoms with Crippen LogP contribution in [0.15, 0.2) is 54.9 Å². The van der Waals surface area contributed by atoms with Gasteiger partial charge in [-0.1, -0.05) is 42.5 Å². The lowest BCUT2D eigenvalue weighted by atomic mass is 10.0. The zero-order valence-electron chi connectivity index (χ0n) is 13.1. The van der Waals surface area contributed by atoms with Gasteiger partial charge in [-0.25, -0.2) is 0 Å². The predicted octanol–water partition coefficient (Wildman–Crippen LogP) is 2.99. The highest BCUT2D eigenvalue weighted by Gasteiger charge is 2.44. The summed E-state index contributed by atoms with van der Waals surface area (Å²) in [6, 6.07) is 14.5. The minimum atomic E-state index is 0.0918. The van der Waals surface area contributed by atoms with Crippen LogP contribution < -0.4 is 5.32 Å². The zero-order chi connectivity index (χ0) is 15.8. The number of benzene rings is 2. The summed E-state index contributed by atoms with van der Waals surface area (Å²) in [5, 5.41) is 9.69. The smallest absolute Gasteiger partial charge is 0.224 e. The number of carbonyl (C=O) groups is 1. The first kappa shape index (κ1) is 14.0.